The van der Waals surface area contributed by atoms with Gasteiger partial charge in [0.1, 0.15) is 0 Å². The van der Waals surface area contributed by atoms with E-state index in [2.05, 4.69) is 0 Å². The minimum absolute atomic E-state index is 0.0527. The summed E-state index contributed by atoms with van der Waals surface area (Å²) in [6.07, 6.45) is 1.61. The summed E-state index contributed by atoms with van der Waals surface area (Å²) in [6, 6.07) is 8.70. The van der Waals surface area contributed by atoms with Gasteiger partial charge in [-0.1, -0.05) is 36.4 Å². The fraction of sp³-hybridized carbons (Fsp3) is 0.400. The molecule has 0 aliphatic heterocycles. The minimum atomic E-state index is -3.18. The molecule has 0 fully saturated rings. The van der Waals surface area contributed by atoms with Crippen LogP contribution in [0.4, 0.5) is 0 Å². The van der Waals surface area contributed by atoms with Crippen molar-refractivity contribution in [3.8, 4) is 0 Å². The second-order valence-electron chi connectivity index (χ2n) is 4.95. The molecule has 2 atom stereocenters. The number of hydrogen-bond acceptors (Lipinski definition) is 4. The molecular weight excluding hydrogens is 276 g/mol. The summed E-state index contributed by atoms with van der Waals surface area (Å²) >= 11 is 0. The molecule has 20 heavy (non-hydrogen) atoms. The second-order valence-corrected chi connectivity index (χ2v) is 7.36. The zero-order valence-electron chi connectivity index (χ0n) is 11.9. The first-order valence-electron chi connectivity index (χ1n) is 6.35. The third-order valence-electron chi connectivity index (χ3n) is 3.17. The van der Waals surface area contributed by atoms with E-state index in [0.29, 0.717) is 11.1 Å². The lowest BCUT2D eigenvalue weighted by Gasteiger charge is -2.13. The lowest BCUT2D eigenvalue weighted by molar-refractivity contribution is 0.0914. The molecule has 0 unspecified atom stereocenters. The number of rotatable bonds is 6. The van der Waals surface area contributed by atoms with Crippen molar-refractivity contribution in [3.63, 3.8) is 0 Å². The van der Waals surface area contributed by atoms with Crippen molar-refractivity contribution >= 4 is 15.6 Å². The van der Waals surface area contributed by atoms with Gasteiger partial charge in [-0.2, -0.15) is 0 Å². The van der Waals surface area contributed by atoms with Crippen molar-refractivity contribution in [2.75, 3.05) is 6.26 Å². The lowest BCUT2D eigenvalue weighted by Crippen LogP contribution is -2.19. The number of benzene rings is 1. The fourth-order valence-corrected chi connectivity index (χ4v) is 2.15. The zero-order chi connectivity index (χ0) is 15.3. The quantitative estimate of drug-likeness (QED) is 0.644. The number of sulfone groups is 1. The van der Waals surface area contributed by atoms with Crippen LogP contribution >= 0.6 is 0 Å². The van der Waals surface area contributed by atoms with Crippen molar-refractivity contribution < 1.29 is 18.3 Å². The highest BCUT2D eigenvalue weighted by Gasteiger charge is 2.17. The molecule has 0 aliphatic carbocycles. The monoisotopic (exact) mass is 296 g/mol. The van der Waals surface area contributed by atoms with Crippen LogP contribution in [0.5, 0.6) is 0 Å². The Morgan fingerprint density at radius 1 is 1.30 bits per heavy atom. The molecule has 0 aliphatic rings. The Morgan fingerprint density at radius 2 is 1.85 bits per heavy atom. The van der Waals surface area contributed by atoms with Gasteiger partial charge in [-0.15, -0.1) is 0 Å². The number of aliphatic hydroxyl groups excluding tert-OH is 1. The van der Waals surface area contributed by atoms with Crippen LogP contribution in [-0.4, -0.2) is 36.9 Å². The predicted molar refractivity (Wildman–Crippen MR) is 79.5 cm³/mol. The van der Waals surface area contributed by atoms with Gasteiger partial charge in [-0.05, 0) is 19.4 Å². The average Bonchev–Trinajstić information content (AvgIpc) is 2.38. The standard InChI is InChI=1S/C15H20O4S/c1-11(9-12(2)20(3,18)19)14(16)10-15(17)13-7-5-4-6-8-13/h4-9,12,14,16H,10H2,1-3H3/b11-9+/t12-,14-/m1/s1. The maximum atomic E-state index is 11.9. The van der Waals surface area contributed by atoms with E-state index in [1.54, 1.807) is 38.1 Å². The van der Waals surface area contributed by atoms with Gasteiger partial charge >= 0.3 is 0 Å². The normalized spacial score (nSPS) is 15.7. The number of hydrogen-bond donors (Lipinski definition) is 1. The number of Topliss-reactive ketones (excluding diaryl/α,β-unsaturated/α-hetero) is 1. The fourth-order valence-electron chi connectivity index (χ4n) is 1.68. The number of ketones is 1. The van der Waals surface area contributed by atoms with E-state index in [0.717, 1.165) is 6.26 Å². The van der Waals surface area contributed by atoms with Crippen LogP contribution in [0.2, 0.25) is 0 Å². The Hall–Kier alpha value is -1.46. The molecule has 0 saturated heterocycles. The second kappa shape index (κ2) is 6.81. The SMILES string of the molecule is C/C(=C\[C@@H](C)S(C)(=O)=O)[C@H](O)CC(=O)c1ccccc1. The topological polar surface area (TPSA) is 71.4 Å². The number of carbonyl (C=O) groups excluding carboxylic acids is 1. The number of aliphatic hydroxyl groups is 1. The van der Waals surface area contributed by atoms with Gasteiger partial charge in [0.15, 0.2) is 15.6 Å². The molecule has 0 saturated carbocycles. The molecule has 1 rings (SSSR count). The largest absolute Gasteiger partial charge is 0.388 e. The van der Waals surface area contributed by atoms with E-state index in [1.165, 1.54) is 6.08 Å². The van der Waals surface area contributed by atoms with Crippen molar-refractivity contribution in [1.82, 2.24) is 0 Å². The summed E-state index contributed by atoms with van der Waals surface area (Å²) in [5.41, 5.74) is 1.03. The van der Waals surface area contributed by atoms with Crippen LogP contribution < -0.4 is 0 Å². The van der Waals surface area contributed by atoms with E-state index in [9.17, 15) is 18.3 Å². The third kappa shape index (κ3) is 4.90. The smallest absolute Gasteiger partial charge is 0.165 e. The molecule has 0 radical (unpaired) electrons. The maximum absolute atomic E-state index is 11.9. The highest BCUT2D eigenvalue weighted by Crippen LogP contribution is 2.13. The van der Waals surface area contributed by atoms with Gasteiger partial charge in [0, 0.05) is 18.2 Å². The van der Waals surface area contributed by atoms with Gasteiger partial charge in [0.2, 0.25) is 0 Å². The molecule has 0 amide bonds. The zero-order valence-corrected chi connectivity index (χ0v) is 12.7. The Labute approximate surface area is 120 Å². The van der Waals surface area contributed by atoms with Gasteiger partial charge in [0.05, 0.1) is 11.4 Å². The van der Waals surface area contributed by atoms with Crippen molar-refractivity contribution in [3.05, 3.63) is 47.5 Å². The molecule has 4 nitrogen and oxygen atoms in total. The van der Waals surface area contributed by atoms with Crippen molar-refractivity contribution in [2.24, 2.45) is 0 Å². The third-order valence-corrected chi connectivity index (χ3v) is 4.66. The van der Waals surface area contributed by atoms with E-state index in [4.69, 9.17) is 0 Å². The Balaban J connectivity index is 2.74. The first-order valence-corrected chi connectivity index (χ1v) is 8.30. The van der Waals surface area contributed by atoms with Crippen molar-refractivity contribution in [2.45, 2.75) is 31.6 Å². The molecule has 1 aromatic rings. The molecule has 0 heterocycles. The molecule has 0 bridgehead atoms. The summed E-state index contributed by atoms with van der Waals surface area (Å²) in [5.74, 6) is -0.169. The minimum Gasteiger partial charge on any atom is -0.388 e. The highest BCUT2D eigenvalue weighted by atomic mass is 32.2. The van der Waals surface area contributed by atoms with Crippen LogP contribution in [0, 0.1) is 0 Å². The van der Waals surface area contributed by atoms with Crippen LogP contribution in [0.3, 0.4) is 0 Å². The van der Waals surface area contributed by atoms with Gasteiger partial charge in [-0.3, -0.25) is 4.79 Å². The number of carbonyl (C=O) groups is 1. The summed E-state index contributed by atoms with van der Waals surface area (Å²) in [5, 5.41) is 9.30. The van der Waals surface area contributed by atoms with E-state index >= 15 is 0 Å². The molecule has 5 heteroatoms. The average molecular weight is 296 g/mol. The van der Waals surface area contributed by atoms with E-state index in [1.807, 2.05) is 6.07 Å². The first kappa shape index (κ1) is 16.6. The molecule has 0 spiro atoms. The summed E-state index contributed by atoms with van der Waals surface area (Å²) < 4.78 is 22.7. The highest BCUT2D eigenvalue weighted by molar-refractivity contribution is 7.91. The first-order chi connectivity index (χ1) is 9.21. The molecular formula is C15H20O4S. The van der Waals surface area contributed by atoms with Crippen LogP contribution in [0.1, 0.15) is 30.6 Å². The Bertz CT molecular complexity index is 588. The van der Waals surface area contributed by atoms with Gasteiger partial charge in [0.25, 0.3) is 0 Å². The molecule has 1 N–H and O–H groups in total. The van der Waals surface area contributed by atoms with Gasteiger partial charge in [-0.25, -0.2) is 8.42 Å². The van der Waals surface area contributed by atoms with Gasteiger partial charge < -0.3 is 5.11 Å². The molecule has 1 aromatic carbocycles. The Morgan fingerprint density at radius 3 is 2.35 bits per heavy atom. The van der Waals surface area contributed by atoms with E-state index in [-0.39, 0.29) is 12.2 Å². The molecule has 0 aromatic heterocycles. The summed E-state index contributed by atoms with van der Waals surface area (Å²) in [7, 11) is -3.18. The summed E-state index contributed by atoms with van der Waals surface area (Å²) in [4.78, 5) is 11.9. The van der Waals surface area contributed by atoms with Crippen LogP contribution in [-0.2, 0) is 9.84 Å². The Kier molecular flexibility index (Phi) is 5.65. The van der Waals surface area contributed by atoms with Crippen LogP contribution in [0.25, 0.3) is 0 Å². The van der Waals surface area contributed by atoms with Crippen molar-refractivity contribution in [1.29, 1.82) is 0 Å². The van der Waals surface area contributed by atoms with E-state index < -0.39 is 21.2 Å². The predicted octanol–water partition coefficient (Wildman–Crippen LogP) is 2.00. The maximum Gasteiger partial charge on any atom is 0.165 e. The summed E-state index contributed by atoms with van der Waals surface area (Å²) in [6.45, 7) is 3.18. The molecule has 110 valence electrons. The lowest BCUT2D eigenvalue weighted by atomic mass is 10.0. The van der Waals surface area contributed by atoms with Crippen LogP contribution in [0.15, 0.2) is 42.0 Å².